The maximum Gasteiger partial charge on any atom is 0.243 e. The SMILES string of the molecule is Cc1ccc(C)c(SCC(=O)N(C)CC(=O)Nc2c(C)cccc2C)c1. The molecule has 0 aliphatic carbocycles. The van der Waals surface area contributed by atoms with Crippen molar-refractivity contribution in [1.82, 2.24) is 4.90 Å². The molecule has 2 amide bonds. The fourth-order valence-corrected chi connectivity index (χ4v) is 3.67. The van der Waals surface area contributed by atoms with Gasteiger partial charge >= 0.3 is 0 Å². The molecule has 0 bridgehead atoms. The summed E-state index contributed by atoms with van der Waals surface area (Å²) in [5, 5.41) is 2.92. The van der Waals surface area contributed by atoms with E-state index < -0.39 is 0 Å². The maximum absolute atomic E-state index is 12.4. The van der Waals surface area contributed by atoms with E-state index in [1.807, 2.05) is 45.9 Å². The van der Waals surface area contributed by atoms with Crippen LogP contribution in [-0.4, -0.2) is 36.1 Å². The molecule has 4 nitrogen and oxygen atoms in total. The molecule has 0 fully saturated rings. The number of aryl methyl sites for hydroxylation is 4. The second-order valence-electron chi connectivity index (χ2n) is 6.62. The van der Waals surface area contributed by atoms with Crippen molar-refractivity contribution in [3.8, 4) is 0 Å². The van der Waals surface area contributed by atoms with E-state index in [-0.39, 0.29) is 18.4 Å². The van der Waals surface area contributed by atoms with Crippen LogP contribution in [0.3, 0.4) is 0 Å². The number of para-hydroxylation sites is 1. The Bertz CT molecular complexity index is 797. The minimum absolute atomic E-state index is 0.0416. The van der Waals surface area contributed by atoms with Crippen molar-refractivity contribution in [2.45, 2.75) is 32.6 Å². The van der Waals surface area contributed by atoms with Gasteiger partial charge in [0.15, 0.2) is 0 Å². The lowest BCUT2D eigenvalue weighted by molar-refractivity contribution is -0.131. The number of carbonyl (C=O) groups is 2. The Morgan fingerprint density at radius 1 is 1.00 bits per heavy atom. The summed E-state index contributed by atoms with van der Waals surface area (Å²) in [7, 11) is 1.66. The van der Waals surface area contributed by atoms with Crippen LogP contribution in [-0.2, 0) is 9.59 Å². The van der Waals surface area contributed by atoms with E-state index in [2.05, 4.69) is 23.5 Å². The average Bonchev–Trinajstić information content (AvgIpc) is 2.58. The molecule has 0 aliphatic heterocycles. The first-order chi connectivity index (χ1) is 12.3. The molecule has 0 aliphatic rings. The van der Waals surface area contributed by atoms with Gasteiger partial charge in [-0.25, -0.2) is 0 Å². The molecule has 0 unspecified atom stereocenters. The van der Waals surface area contributed by atoms with Crippen LogP contribution >= 0.6 is 11.8 Å². The van der Waals surface area contributed by atoms with Crippen LogP contribution in [0.15, 0.2) is 41.3 Å². The Morgan fingerprint density at radius 3 is 2.31 bits per heavy atom. The third kappa shape index (κ3) is 5.36. The molecule has 0 atom stereocenters. The molecule has 0 radical (unpaired) electrons. The van der Waals surface area contributed by atoms with Crippen LogP contribution in [0.4, 0.5) is 5.69 Å². The van der Waals surface area contributed by atoms with Crippen molar-refractivity contribution in [3.63, 3.8) is 0 Å². The van der Waals surface area contributed by atoms with Crippen LogP contribution in [0, 0.1) is 27.7 Å². The van der Waals surface area contributed by atoms with Gasteiger partial charge in [-0.15, -0.1) is 11.8 Å². The molecule has 2 aromatic carbocycles. The van der Waals surface area contributed by atoms with E-state index >= 15 is 0 Å². The summed E-state index contributed by atoms with van der Waals surface area (Å²) in [6.45, 7) is 8.03. The molecule has 0 aromatic heterocycles. The predicted octanol–water partition coefficient (Wildman–Crippen LogP) is 4.11. The highest BCUT2D eigenvalue weighted by atomic mass is 32.2. The van der Waals surface area contributed by atoms with Crippen molar-refractivity contribution in [2.24, 2.45) is 0 Å². The number of anilines is 1. The lowest BCUT2D eigenvalue weighted by atomic mass is 10.1. The normalized spacial score (nSPS) is 10.5. The number of nitrogens with zero attached hydrogens (tertiary/aromatic N) is 1. The summed E-state index contributed by atoms with van der Waals surface area (Å²) in [6, 6.07) is 12.1. The van der Waals surface area contributed by atoms with Gasteiger partial charge in [0, 0.05) is 17.6 Å². The number of nitrogens with one attached hydrogen (secondary N) is 1. The van der Waals surface area contributed by atoms with Gasteiger partial charge in [0.25, 0.3) is 0 Å². The number of hydrogen-bond donors (Lipinski definition) is 1. The Kier molecular flexibility index (Phi) is 6.86. The number of amides is 2. The van der Waals surface area contributed by atoms with Crippen LogP contribution < -0.4 is 5.32 Å². The lowest BCUT2D eigenvalue weighted by Gasteiger charge is -2.18. The lowest BCUT2D eigenvalue weighted by Crippen LogP contribution is -2.36. The number of likely N-dealkylation sites (N-methyl/N-ethyl adjacent to an activating group) is 1. The van der Waals surface area contributed by atoms with Gasteiger partial charge in [-0.1, -0.05) is 35.9 Å². The second-order valence-corrected chi connectivity index (χ2v) is 7.64. The summed E-state index contributed by atoms with van der Waals surface area (Å²) in [5.41, 5.74) is 5.18. The largest absolute Gasteiger partial charge is 0.336 e. The van der Waals surface area contributed by atoms with Gasteiger partial charge in [0.2, 0.25) is 11.8 Å². The number of hydrogen-bond acceptors (Lipinski definition) is 3. The van der Waals surface area contributed by atoms with E-state index in [0.717, 1.165) is 27.3 Å². The standard InChI is InChI=1S/C21H26N2O2S/c1-14-9-10-15(2)18(11-14)26-13-20(25)23(5)12-19(24)22-21-16(3)7-6-8-17(21)4/h6-11H,12-13H2,1-5H3,(H,22,24). The first-order valence-electron chi connectivity index (χ1n) is 8.58. The highest BCUT2D eigenvalue weighted by molar-refractivity contribution is 8.00. The maximum atomic E-state index is 12.4. The molecule has 138 valence electrons. The molecule has 0 heterocycles. The van der Waals surface area contributed by atoms with Gasteiger partial charge in [0.05, 0.1) is 12.3 Å². The van der Waals surface area contributed by atoms with Gasteiger partial charge in [-0.05, 0) is 50.5 Å². The van der Waals surface area contributed by atoms with Crippen LogP contribution in [0.5, 0.6) is 0 Å². The highest BCUT2D eigenvalue weighted by Gasteiger charge is 2.15. The van der Waals surface area contributed by atoms with Gasteiger partial charge in [-0.3, -0.25) is 9.59 Å². The summed E-state index contributed by atoms with van der Waals surface area (Å²) < 4.78 is 0. The Labute approximate surface area is 160 Å². The molecule has 0 saturated heterocycles. The zero-order valence-corrected chi connectivity index (χ0v) is 16.9. The number of carbonyl (C=O) groups excluding carboxylic acids is 2. The number of benzene rings is 2. The summed E-state index contributed by atoms with van der Waals surface area (Å²) >= 11 is 1.51. The van der Waals surface area contributed by atoms with E-state index in [9.17, 15) is 9.59 Å². The van der Waals surface area contributed by atoms with Gasteiger partial charge < -0.3 is 10.2 Å². The molecular weight excluding hydrogens is 344 g/mol. The first kappa shape index (κ1) is 20.0. The first-order valence-corrected chi connectivity index (χ1v) is 9.56. The van der Waals surface area contributed by atoms with Crippen LogP contribution in [0.1, 0.15) is 22.3 Å². The molecule has 2 rings (SSSR count). The summed E-state index contributed by atoms with van der Waals surface area (Å²) in [4.78, 5) is 27.2. The molecule has 2 aromatic rings. The quantitative estimate of drug-likeness (QED) is 0.779. The summed E-state index contributed by atoms with van der Waals surface area (Å²) in [6.07, 6.45) is 0. The molecule has 26 heavy (non-hydrogen) atoms. The molecular formula is C21H26N2O2S. The third-order valence-electron chi connectivity index (χ3n) is 4.25. The van der Waals surface area contributed by atoms with E-state index in [1.165, 1.54) is 22.2 Å². The van der Waals surface area contributed by atoms with Crippen LogP contribution in [0.2, 0.25) is 0 Å². The number of rotatable bonds is 6. The molecule has 5 heteroatoms. The van der Waals surface area contributed by atoms with Crippen molar-refractivity contribution in [2.75, 3.05) is 24.7 Å². The molecule has 1 N–H and O–H groups in total. The fraction of sp³-hybridized carbons (Fsp3) is 0.333. The zero-order chi connectivity index (χ0) is 19.3. The fourth-order valence-electron chi connectivity index (χ4n) is 2.61. The van der Waals surface area contributed by atoms with E-state index in [4.69, 9.17) is 0 Å². The number of thioether (sulfide) groups is 1. The van der Waals surface area contributed by atoms with Crippen molar-refractivity contribution < 1.29 is 9.59 Å². The second kappa shape index (κ2) is 8.90. The van der Waals surface area contributed by atoms with Gasteiger partial charge in [0.1, 0.15) is 0 Å². The van der Waals surface area contributed by atoms with E-state index in [0.29, 0.717) is 5.75 Å². The van der Waals surface area contributed by atoms with Crippen molar-refractivity contribution in [1.29, 1.82) is 0 Å². The van der Waals surface area contributed by atoms with Crippen molar-refractivity contribution >= 4 is 29.3 Å². The highest BCUT2D eigenvalue weighted by Crippen LogP contribution is 2.24. The average molecular weight is 371 g/mol. The molecule has 0 spiro atoms. The van der Waals surface area contributed by atoms with Crippen LogP contribution in [0.25, 0.3) is 0 Å². The smallest absolute Gasteiger partial charge is 0.243 e. The van der Waals surface area contributed by atoms with E-state index in [1.54, 1.807) is 7.05 Å². The monoisotopic (exact) mass is 370 g/mol. The van der Waals surface area contributed by atoms with Gasteiger partial charge in [-0.2, -0.15) is 0 Å². The summed E-state index contributed by atoms with van der Waals surface area (Å²) in [5.74, 6) is 0.0693. The topological polar surface area (TPSA) is 49.4 Å². The third-order valence-corrected chi connectivity index (χ3v) is 5.39. The minimum Gasteiger partial charge on any atom is -0.336 e. The molecule has 0 saturated carbocycles. The Balaban J connectivity index is 1.90. The minimum atomic E-state index is -0.185. The zero-order valence-electron chi connectivity index (χ0n) is 16.1. The van der Waals surface area contributed by atoms with Crippen molar-refractivity contribution in [3.05, 3.63) is 58.7 Å². The Hall–Kier alpha value is -2.27. The Morgan fingerprint density at radius 2 is 1.65 bits per heavy atom. The predicted molar refractivity (Wildman–Crippen MR) is 109 cm³/mol.